The van der Waals surface area contributed by atoms with E-state index in [1.165, 1.54) is 83.5 Å². The Labute approximate surface area is 468 Å². The van der Waals surface area contributed by atoms with E-state index in [9.17, 15) is 19.0 Å². The summed E-state index contributed by atoms with van der Waals surface area (Å²) in [5.41, 5.74) is 0. The van der Waals surface area contributed by atoms with Crippen molar-refractivity contribution in [3.05, 3.63) is 109 Å². The molecule has 0 rings (SSSR count). The third kappa shape index (κ3) is 55.4. The van der Waals surface area contributed by atoms with Gasteiger partial charge in [0.1, 0.15) is 19.3 Å². The third-order valence-electron chi connectivity index (χ3n) is 13.0. The lowest BCUT2D eigenvalue weighted by molar-refractivity contribution is -0.870. The van der Waals surface area contributed by atoms with Gasteiger partial charge < -0.3 is 28.5 Å². The number of likely N-dealkylation sites (N-methyl/N-ethyl adjacent to an activating group) is 1. The fourth-order valence-corrected chi connectivity index (χ4v) is 9.04. The zero-order chi connectivity index (χ0) is 55.7. The number of esters is 1. The van der Waals surface area contributed by atoms with Crippen molar-refractivity contribution < 1.29 is 37.3 Å². The summed E-state index contributed by atoms with van der Waals surface area (Å²) < 4.78 is 30.3. The first kappa shape index (κ1) is 72.7. The Morgan fingerprint density at radius 2 is 0.908 bits per heavy atom. The molecule has 0 aromatic heterocycles. The summed E-state index contributed by atoms with van der Waals surface area (Å²) in [7, 11) is 1.15. The molecule has 0 aliphatic heterocycles. The number of hydrogen-bond acceptors (Lipinski definition) is 7. The quantitative estimate of drug-likeness (QED) is 0.0161. The molecule has 0 saturated heterocycles. The van der Waals surface area contributed by atoms with E-state index in [1.54, 1.807) is 0 Å². The number of carbonyl (C=O) groups is 2. The van der Waals surface area contributed by atoms with Crippen molar-refractivity contribution in [2.45, 2.75) is 258 Å². The molecule has 0 bridgehead atoms. The van der Waals surface area contributed by atoms with Crippen molar-refractivity contribution in [1.82, 2.24) is 5.32 Å². The van der Waals surface area contributed by atoms with Crippen molar-refractivity contribution >= 4 is 19.7 Å². The molecule has 0 saturated carbocycles. The number of phosphoric acid groups is 1. The number of ether oxygens (including phenoxy) is 1. The van der Waals surface area contributed by atoms with Gasteiger partial charge in [-0.3, -0.25) is 14.2 Å². The van der Waals surface area contributed by atoms with Gasteiger partial charge in [0.05, 0.1) is 33.8 Å². The molecule has 10 heteroatoms. The normalized spacial score (nSPS) is 14.5. The van der Waals surface area contributed by atoms with Crippen LogP contribution in [0.2, 0.25) is 0 Å². The summed E-state index contributed by atoms with van der Waals surface area (Å²) in [5, 5.41) is 3.01. The lowest BCUT2D eigenvalue weighted by Gasteiger charge is -2.30. The van der Waals surface area contributed by atoms with Crippen LogP contribution >= 0.6 is 7.82 Å². The standard InChI is InChI=1S/C66H115N2O7P/c1-7-10-13-16-19-22-25-28-29-30-31-32-33-34-35-36-37-38-39-41-44-47-50-53-56-59-66(70)75-64(57-54-51-48-45-42-27-24-21-18-15-12-9-3)63(62-74-76(71,72)73-61-60-68(4,5)6)67-65(69)58-55-52-49-46-43-40-26-23-20-17-14-11-8-2/h10-11,13-14,17,19-20,22-23,26,28-29,31-32,34-35,54,57,63-64H,7-9,12,15-16,18,21,24-25,27,30,33,36-53,55-56,58-62H2,1-6H3,(H-,67,69,71,72)/b13-10-,14-11+,20-17+,22-19-,26-23-,29-28-,32-31-,35-34-,57-54-. The molecule has 0 heterocycles. The maximum Gasteiger partial charge on any atom is 0.306 e. The van der Waals surface area contributed by atoms with Crippen LogP contribution in [0.15, 0.2) is 109 Å². The van der Waals surface area contributed by atoms with E-state index in [4.69, 9.17) is 13.8 Å². The minimum atomic E-state index is -4.71. The smallest absolute Gasteiger partial charge is 0.306 e. The van der Waals surface area contributed by atoms with Crippen molar-refractivity contribution in [3.63, 3.8) is 0 Å². The monoisotopic (exact) mass is 1080 g/mol. The van der Waals surface area contributed by atoms with Gasteiger partial charge in [-0.1, -0.05) is 246 Å². The summed E-state index contributed by atoms with van der Waals surface area (Å²) >= 11 is 0. The molecular weight excluding hydrogens is 964 g/mol. The van der Waals surface area contributed by atoms with Crippen LogP contribution in [0.3, 0.4) is 0 Å². The first-order valence-corrected chi connectivity index (χ1v) is 32.2. The Balaban J connectivity index is 5.19. The van der Waals surface area contributed by atoms with Crippen LogP contribution in [0, 0.1) is 0 Å². The average molecular weight is 1080 g/mol. The number of carbonyl (C=O) groups excluding carboxylic acids is 2. The Bertz CT molecular complexity index is 1670. The highest BCUT2D eigenvalue weighted by molar-refractivity contribution is 7.45. The van der Waals surface area contributed by atoms with Gasteiger partial charge in [-0.05, 0) is 96.0 Å². The Kier molecular flexibility index (Phi) is 52.6. The summed E-state index contributed by atoms with van der Waals surface area (Å²) in [6, 6.07) is -0.907. The molecule has 0 aromatic rings. The minimum Gasteiger partial charge on any atom is -0.756 e. The minimum absolute atomic E-state index is 0.0329. The van der Waals surface area contributed by atoms with E-state index in [2.05, 4.69) is 117 Å². The van der Waals surface area contributed by atoms with Crippen molar-refractivity contribution in [2.75, 3.05) is 40.9 Å². The predicted octanol–water partition coefficient (Wildman–Crippen LogP) is 18.3. The van der Waals surface area contributed by atoms with Crippen LogP contribution in [-0.4, -0.2) is 69.4 Å². The second-order valence-corrected chi connectivity index (χ2v) is 22.9. The lowest BCUT2D eigenvalue weighted by Crippen LogP contribution is -2.47. The van der Waals surface area contributed by atoms with E-state index in [-0.39, 0.29) is 31.3 Å². The predicted molar refractivity (Wildman–Crippen MR) is 325 cm³/mol. The third-order valence-corrected chi connectivity index (χ3v) is 14.0. The summed E-state index contributed by atoms with van der Waals surface area (Å²) in [6.45, 7) is 6.56. The molecule has 0 fully saturated rings. The van der Waals surface area contributed by atoms with Crippen LogP contribution in [-0.2, 0) is 27.9 Å². The highest BCUT2D eigenvalue weighted by Gasteiger charge is 2.27. The molecule has 9 nitrogen and oxygen atoms in total. The molecule has 1 N–H and O–H groups in total. The molecule has 1 amide bonds. The van der Waals surface area contributed by atoms with Crippen LogP contribution in [0.4, 0.5) is 0 Å². The summed E-state index contributed by atoms with van der Waals surface area (Å²) in [4.78, 5) is 39.9. The highest BCUT2D eigenvalue weighted by Crippen LogP contribution is 2.38. The number of nitrogens with zero attached hydrogens (tertiary/aromatic N) is 1. The van der Waals surface area contributed by atoms with Crippen molar-refractivity contribution in [3.8, 4) is 0 Å². The van der Waals surface area contributed by atoms with Gasteiger partial charge in [0.25, 0.3) is 7.82 Å². The van der Waals surface area contributed by atoms with Crippen LogP contribution < -0.4 is 10.2 Å². The SMILES string of the molecule is CC/C=C\C/C=C\C/C=C\C/C=C\C/C=C\CCCCCCCCCCCC(=O)OC(/C=C\CCCCCCCCCCCC)C(COP(=O)([O-])OCC[N+](C)(C)C)NC(=O)CCCCCCC\C=C/C=C/C=C/CC. The number of amides is 1. The van der Waals surface area contributed by atoms with E-state index in [0.717, 1.165) is 116 Å². The van der Waals surface area contributed by atoms with Crippen LogP contribution in [0.5, 0.6) is 0 Å². The molecule has 3 unspecified atom stereocenters. The number of unbranched alkanes of at least 4 members (excludes halogenated alkanes) is 24. The van der Waals surface area contributed by atoms with E-state index >= 15 is 0 Å². The molecule has 76 heavy (non-hydrogen) atoms. The van der Waals surface area contributed by atoms with E-state index in [0.29, 0.717) is 23.9 Å². The Morgan fingerprint density at radius 1 is 0.487 bits per heavy atom. The van der Waals surface area contributed by atoms with Crippen molar-refractivity contribution in [2.24, 2.45) is 0 Å². The van der Waals surface area contributed by atoms with E-state index in [1.807, 2.05) is 39.4 Å². The number of phosphoric ester groups is 1. The zero-order valence-corrected chi connectivity index (χ0v) is 50.6. The fourth-order valence-electron chi connectivity index (χ4n) is 8.31. The fraction of sp³-hybridized carbons (Fsp3) is 0.697. The van der Waals surface area contributed by atoms with Crippen molar-refractivity contribution in [1.29, 1.82) is 0 Å². The maximum atomic E-state index is 13.5. The number of quaternary nitrogens is 1. The Morgan fingerprint density at radius 3 is 1.41 bits per heavy atom. The molecule has 436 valence electrons. The van der Waals surface area contributed by atoms with Gasteiger partial charge in [0, 0.05) is 12.8 Å². The largest absolute Gasteiger partial charge is 0.756 e. The van der Waals surface area contributed by atoms with Gasteiger partial charge in [-0.15, -0.1) is 0 Å². The number of hydrogen-bond donors (Lipinski definition) is 1. The molecule has 0 aromatic carbocycles. The lowest BCUT2D eigenvalue weighted by atomic mass is 10.0. The zero-order valence-electron chi connectivity index (χ0n) is 49.7. The average Bonchev–Trinajstić information content (AvgIpc) is 3.38. The Hall–Kier alpha value is -3.33. The second kappa shape index (κ2) is 55.0. The van der Waals surface area contributed by atoms with Crippen LogP contribution in [0.1, 0.15) is 245 Å². The van der Waals surface area contributed by atoms with Crippen LogP contribution in [0.25, 0.3) is 0 Å². The number of allylic oxidation sites excluding steroid dienone is 17. The molecular formula is C66H115N2O7P. The number of nitrogens with one attached hydrogen (secondary N) is 1. The number of rotatable bonds is 54. The molecule has 0 radical (unpaired) electrons. The molecule has 3 atom stereocenters. The van der Waals surface area contributed by atoms with Gasteiger partial charge in [0.2, 0.25) is 5.91 Å². The molecule has 0 spiro atoms. The summed E-state index contributed by atoms with van der Waals surface area (Å²) in [5.74, 6) is -0.578. The van der Waals surface area contributed by atoms with E-state index < -0.39 is 26.6 Å². The molecule has 0 aliphatic carbocycles. The second-order valence-electron chi connectivity index (χ2n) is 21.5. The topological polar surface area (TPSA) is 114 Å². The molecule has 0 aliphatic rings. The highest BCUT2D eigenvalue weighted by atomic mass is 31.2. The van der Waals surface area contributed by atoms with Gasteiger partial charge in [0.15, 0.2) is 0 Å². The first-order chi connectivity index (χ1) is 36.9. The van der Waals surface area contributed by atoms with Gasteiger partial charge in [-0.2, -0.15) is 0 Å². The van der Waals surface area contributed by atoms with Gasteiger partial charge in [-0.25, -0.2) is 0 Å². The first-order valence-electron chi connectivity index (χ1n) is 30.7. The summed E-state index contributed by atoms with van der Waals surface area (Å²) in [6.07, 6.45) is 74.9. The maximum absolute atomic E-state index is 13.5. The van der Waals surface area contributed by atoms with Gasteiger partial charge >= 0.3 is 5.97 Å².